The summed E-state index contributed by atoms with van der Waals surface area (Å²) < 4.78 is 0. The molecule has 0 saturated carbocycles. The summed E-state index contributed by atoms with van der Waals surface area (Å²) in [7, 11) is 0. The van der Waals surface area contributed by atoms with E-state index in [1.54, 1.807) is 6.20 Å². The van der Waals surface area contributed by atoms with Crippen molar-refractivity contribution in [2.75, 3.05) is 16.8 Å². The van der Waals surface area contributed by atoms with Crippen LogP contribution in [0.1, 0.15) is 22.8 Å². The van der Waals surface area contributed by atoms with E-state index in [1.165, 1.54) is 0 Å². The van der Waals surface area contributed by atoms with E-state index in [2.05, 4.69) is 34.3 Å². The Morgan fingerprint density at radius 3 is 2.32 bits per heavy atom. The lowest BCUT2D eigenvalue weighted by molar-refractivity contribution is 0.102. The molecule has 4 heteroatoms. The van der Waals surface area contributed by atoms with Gasteiger partial charge in [0.05, 0.1) is 11.9 Å². The van der Waals surface area contributed by atoms with Crippen molar-refractivity contribution in [2.45, 2.75) is 13.8 Å². The summed E-state index contributed by atoms with van der Waals surface area (Å²) in [6, 6.07) is 21.5. The normalized spacial score (nSPS) is 10.3. The molecule has 3 aromatic rings. The second kappa shape index (κ2) is 7.62. The van der Waals surface area contributed by atoms with Gasteiger partial charge in [0.2, 0.25) is 0 Å². The molecule has 25 heavy (non-hydrogen) atoms. The Morgan fingerprint density at radius 2 is 1.68 bits per heavy atom. The molecule has 0 aliphatic carbocycles. The number of nitrogens with one attached hydrogen (secondary N) is 1. The third-order valence-electron chi connectivity index (χ3n) is 4.07. The van der Waals surface area contributed by atoms with E-state index in [-0.39, 0.29) is 5.91 Å². The van der Waals surface area contributed by atoms with E-state index >= 15 is 0 Å². The van der Waals surface area contributed by atoms with Crippen LogP contribution in [0.3, 0.4) is 0 Å². The number of benzene rings is 2. The van der Waals surface area contributed by atoms with E-state index in [1.807, 2.05) is 61.5 Å². The Labute approximate surface area is 148 Å². The van der Waals surface area contributed by atoms with Gasteiger partial charge in [0, 0.05) is 17.8 Å². The third-order valence-corrected chi connectivity index (χ3v) is 4.07. The minimum Gasteiger partial charge on any atom is -0.341 e. The van der Waals surface area contributed by atoms with Crippen molar-refractivity contribution in [1.29, 1.82) is 0 Å². The molecule has 4 nitrogen and oxygen atoms in total. The summed E-state index contributed by atoms with van der Waals surface area (Å²) in [5.74, 6) is 0.398. The highest BCUT2D eigenvalue weighted by atomic mass is 16.1. The number of anilines is 3. The van der Waals surface area contributed by atoms with Gasteiger partial charge in [-0.25, -0.2) is 4.98 Å². The molecule has 0 atom stereocenters. The number of carbonyl (C=O) groups is 1. The maximum atomic E-state index is 12.4. The first kappa shape index (κ1) is 16.7. The summed E-state index contributed by atoms with van der Waals surface area (Å²) in [5.41, 5.74) is 3.71. The molecule has 1 heterocycles. The predicted molar refractivity (Wildman–Crippen MR) is 102 cm³/mol. The molecule has 0 bridgehead atoms. The van der Waals surface area contributed by atoms with Crippen molar-refractivity contribution in [3.63, 3.8) is 0 Å². The van der Waals surface area contributed by atoms with Crippen molar-refractivity contribution in [3.8, 4) is 0 Å². The van der Waals surface area contributed by atoms with Gasteiger partial charge in [-0.2, -0.15) is 0 Å². The first-order chi connectivity index (χ1) is 12.2. The molecule has 1 N–H and O–H groups in total. The van der Waals surface area contributed by atoms with Gasteiger partial charge in [-0.3, -0.25) is 4.79 Å². The lowest BCUT2D eigenvalue weighted by atomic mass is 10.1. The number of amides is 1. The monoisotopic (exact) mass is 331 g/mol. The topological polar surface area (TPSA) is 45.2 Å². The SMILES string of the molecule is CCN(c1ccccc1)c1ccc(NC(=O)c2ccccc2C)nc1. The highest BCUT2D eigenvalue weighted by molar-refractivity contribution is 6.04. The zero-order valence-corrected chi connectivity index (χ0v) is 14.4. The summed E-state index contributed by atoms with van der Waals surface area (Å²) in [4.78, 5) is 18.9. The Bertz CT molecular complexity index is 845. The highest BCUT2D eigenvalue weighted by Crippen LogP contribution is 2.24. The smallest absolute Gasteiger partial charge is 0.257 e. The number of pyridine rings is 1. The number of aryl methyl sites for hydroxylation is 1. The van der Waals surface area contributed by atoms with Gasteiger partial charge in [0.1, 0.15) is 5.82 Å². The van der Waals surface area contributed by atoms with Crippen LogP contribution in [0.5, 0.6) is 0 Å². The average Bonchev–Trinajstić information content (AvgIpc) is 2.65. The molecule has 0 aliphatic heterocycles. The van der Waals surface area contributed by atoms with E-state index in [9.17, 15) is 4.79 Å². The van der Waals surface area contributed by atoms with E-state index in [0.717, 1.165) is 23.5 Å². The molecule has 0 aliphatic rings. The van der Waals surface area contributed by atoms with Crippen LogP contribution in [0.25, 0.3) is 0 Å². The maximum Gasteiger partial charge on any atom is 0.257 e. The molecule has 0 unspecified atom stereocenters. The van der Waals surface area contributed by atoms with Crippen LogP contribution >= 0.6 is 0 Å². The average molecular weight is 331 g/mol. The van der Waals surface area contributed by atoms with Gasteiger partial charge < -0.3 is 10.2 Å². The summed E-state index contributed by atoms with van der Waals surface area (Å²) >= 11 is 0. The predicted octanol–water partition coefficient (Wildman–Crippen LogP) is 4.80. The molecule has 2 aromatic carbocycles. The molecule has 0 radical (unpaired) electrons. The van der Waals surface area contributed by atoms with Gasteiger partial charge in [-0.1, -0.05) is 36.4 Å². The lowest BCUT2D eigenvalue weighted by Gasteiger charge is -2.23. The molecular formula is C21H21N3O. The number of carbonyl (C=O) groups excluding carboxylic acids is 1. The van der Waals surface area contributed by atoms with Gasteiger partial charge in [-0.15, -0.1) is 0 Å². The fraction of sp³-hybridized carbons (Fsp3) is 0.143. The zero-order chi connectivity index (χ0) is 17.6. The number of hydrogen-bond acceptors (Lipinski definition) is 3. The number of nitrogens with zero attached hydrogens (tertiary/aromatic N) is 2. The quantitative estimate of drug-likeness (QED) is 0.730. The minimum atomic E-state index is -0.145. The van der Waals surface area contributed by atoms with Crippen LogP contribution in [0.4, 0.5) is 17.2 Å². The molecular weight excluding hydrogens is 310 g/mol. The third kappa shape index (κ3) is 3.86. The van der Waals surface area contributed by atoms with Crippen molar-refractivity contribution >= 4 is 23.1 Å². The van der Waals surface area contributed by atoms with E-state index < -0.39 is 0 Å². The standard InChI is InChI=1S/C21H21N3O/c1-3-24(17-10-5-4-6-11-17)18-13-14-20(22-15-18)23-21(25)19-12-8-7-9-16(19)2/h4-15H,3H2,1-2H3,(H,22,23,25). The fourth-order valence-electron chi connectivity index (χ4n) is 2.75. The first-order valence-corrected chi connectivity index (χ1v) is 8.34. The van der Waals surface area contributed by atoms with Crippen LogP contribution in [0, 0.1) is 6.92 Å². The molecule has 1 aromatic heterocycles. The van der Waals surface area contributed by atoms with Crippen LogP contribution in [0.2, 0.25) is 0 Å². The van der Waals surface area contributed by atoms with Gasteiger partial charge in [0.15, 0.2) is 0 Å². The Morgan fingerprint density at radius 1 is 0.960 bits per heavy atom. The second-order valence-corrected chi connectivity index (χ2v) is 5.75. The summed E-state index contributed by atoms with van der Waals surface area (Å²) in [6.45, 7) is 4.85. The van der Waals surface area contributed by atoms with Crippen LogP contribution in [-0.2, 0) is 0 Å². The van der Waals surface area contributed by atoms with Gasteiger partial charge in [0.25, 0.3) is 5.91 Å². The maximum absolute atomic E-state index is 12.4. The molecule has 3 rings (SSSR count). The van der Waals surface area contributed by atoms with Gasteiger partial charge >= 0.3 is 0 Å². The van der Waals surface area contributed by atoms with E-state index in [0.29, 0.717) is 11.4 Å². The molecule has 1 amide bonds. The molecule has 0 fully saturated rings. The first-order valence-electron chi connectivity index (χ1n) is 8.34. The second-order valence-electron chi connectivity index (χ2n) is 5.75. The Kier molecular flexibility index (Phi) is 5.09. The van der Waals surface area contributed by atoms with Crippen LogP contribution in [0.15, 0.2) is 72.9 Å². The van der Waals surface area contributed by atoms with Crippen LogP contribution in [-0.4, -0.2) is 17.4 Å². The molecule has 0 spiro atoms. The van der Waals surface area contributed by atoms with Crippen molar-refractivity contribution in [1.82, 2.24) is 4.98 Å². The summed E-state index contributed by atoms with van der Waals surface area (Å²) in [6.07, 6.45) is 1.78. The minimum absolute atomic E-state index is 0.145. The zero-order valence-electron chi connectivity index (χ0n) is 14.4. The number of rotatable bonds is 5. The number of para-hydroxylation sites is 1. The highest BCUT2D eigenvalue weighted by Gasteiger charge is 2.11. The Balaban J connectivity index is 1.76. The largest absolute Gasteiger partial charge is 0.341 e. The number of hydrogen-bond donors (Lipinski definition) is 1. The van der Waals surface area contributed by atoms with E-state index in [4.69, 9.17) is 0 Å². The Hall–Kier alpha value is -3.14. The fourth-order valence-corrected chi connectivity index (χ4v) is 2.75. The van der Waals surface area contributed by atoms with Crippen molar-refractivity contribution in [3.05, 3.63) is 84.1 Å². The van der Waals surface area contributed by atoms with Crippen molar-refractivity contribution in [2.24, 2.45) is 0 Å². The number of aromatic nitrogens is 1. The lowest BCUT2D eigenvalue weighted by Crippen LogP contribution is -2.17. The van der Waals surface area contributed by atoms with Crippen LogP contribution < -0.4 is 10.2 Å². The molecule has 0 saturated heterocycles. The summed E-state index contributed by atoms with van der Waals surface area (Å²) in [5, 5.41) is 2.85. The van der Waals surface area contributed by atoms with Gasteiger partial charge in [-0.05, 0) is 49.7 Å². The molecule has 126 valence electrons. The van der Waals surface area contributed by atoms with Crippen molar-refractivity contribution < 1.29 is 4.79 Å².